The van der Waals surface area contributed by atoms with Gasteiger partial charge in [0.1, 0.15) is 11.0 Å². The number of nitrogens with zero attached hydrogens (tertiary/aromatic N) is 3. The van der Waals surface area contributed by atoms with E-state index in [-0.39, 0.29) is 19.0 Å². The second kappa shape index (κ2) is 5.79. The molecule has 9 heteroatoms. The maximum atomic E-state index is 12.6. The second-order valence-corrected chi connectivity index (χ2v) is 8.85. The Kier molecular flexibility index (Phi) is 4.46. The Morgan fingerprint density at radius 2 is 2.09 bits per heavy atom. The van der Waals surface area contributed by atoms with Crippen molar-refractivity contribution in [3.8, 4) is 0 Å². The maximum absolute atomic E-state index is 12.6. The van der Waals surface area contributed by atoms with Gasteiger partial charge >= 0.3 is 5.97 Å². The number of hydrogen-bond acceptors (Lipinski definition) is 6. The molecule has 1 fully saturated rings. The Balaban J connectivity index is 2.18. The average molecular weight is 345 g/mol. The van der Waals surface area contributed by atoms with Gasteiger partial charge in [-0.2, -0.15) is 5.10 Å². The topological polar surface area (TPSA) is 90.7 Å². The Labute approximate surface area is 136 Å². The molecule has 130 valence electrons. The van der Waals surface area contributed by atoms with Crippen LogP contribution in [0, 0.1) is 5.41 Å². The Bertz CT molecular complexity index is 686. The lowest BCUT2D eigenvalue weighted by Crippen LogP contribution is -2.57. The number of carbonyl (C=O) groups excluding carboxylic acids is 1. The quantitative estimate of drug-likeness (QED) is 0.724. The SMILES string of the molecule is CN(c1ccn(C)n1)S(=O)(=O)CC1(C(=O)OC(C)(C)C)COC1. The van der Waals surface area contributed by atoms with Crippen LogP contribution in [-0.4, -0.2) is 55.8 Å². The zero-order valence-electron chi connectivity index (χ0n) is 14.1. The fourth-order valence-electron chi connectivity index (χ4n) is 2.15. The van der Waals surface area contributed by atoms with Gasteiger partial charge in [-0.15, -0.1) is 0 Å². The largest absolute Gasteiger partial charge is 0.459 e. The molecule has 0 spiro atoms. The number of esters is 1. The van der Waals surface area contributed by atoms with E-state index in [0.717, 1.165) is 4.31 Å². The maximum Gasteiger partial charge on any atom is 0.318 e. The molecule has 0 aliphatic carbocycles. The van der Waals surface area contributed by atoms with Gasteiger partial charge in [-0.05, 0) is 20.8 Å². The minimum Gasteiger partial charge on any atom is -0.459 e. The van der Waals surface area contributed by atoms with Crippen molar-refractivity contribution in [2.45, 2.75) is 26.4 Å². The van der Waals surface area contributed by atoms with Gasteiger partial charge in [0.2, 0.25) is 10.0 Å². The Morgan fingerprint density at radius 3 is 2.48 bits per heavy atom. The van der Waals surface area contributed by atoms with Crippen molar-refractivity contribution in [1.82, 2.24) is 9.78 Å². The number of aryl methyl sites for hydroxylation is 1. The number of carbonyl (C=O) groups is 1. The highest BCUT2D eigenvalue weighted by Gasteiger charge is 2.52. The molecule has 2 rings (SSSR count). The number of hydrogen-bond donors (Lipinski definition) is 0. The Morgan fingerprint density at radius 1 is 1.48 bits per heavy atom. The average Bonchev–Trinajstić information content (AvgIpc) is 2.77. The van der Waals surface area contributed by atoms with Gasteiger partial charge in [0.15, 0.2) is 5.82 Å². The van der Waals surface area contributed by atoms with Crippen LogP contribution in [0.2, 0.25) is 0 Å². The summed E-state index contributed by atoms with van der Waals surface area (Å²) in [5.74, 6) is -0.622. The Hall–Kier alpha value is -1.61. The fourth-order valence-corrected chi connectivity index (χ4v) is 3.71. The van der Waals surface area contributed by atoms with Crippen molar-refractivity contribution in [2.75, 3.05) is 30.3 Å². The van der Waals surface area contributed by atoms with Crippen LogP contribution in [0.4, 0.5) is 5.82 Å². The molecule has 1 aliphatic heterocycles. The van der Waals surface area contributed by atoms with Crippen LogP contribution < -0.4 is 4.31 Å². The molecule has 0 radical (unpaired) electrons. The zero-order chi connectivity index (χ0) is 17.5. The van der Waals surface area contributed by atoms with Gasteiger partial charge in [-0.3, -0.25) is 13.8 Å². The van der Waals surface area contributed by atoms with Crippen LogP contribution in [0.3, 0.4) is 0 Å². The van der Waals surface area contributed by atoms with Crippen molar-refractivity contribution < 1.29 is 22.7 Å². The van der Waals surface area contributed by atoms with E-state index in [4.69, 9.17) is 9.47 Å². The lowest BCUT2D eigenvalue weighted by atomic mass is 9.88. The van der Waals surface area contributed by atoms with Crippen molar-refractivity contribution in [3.05, 3.63) is 12.3 Å². The molecule has 0 N–H and O–H groups in total. The molecule has 0 aromatic carbocycles. The minimum absolute atomic E-state index is 0.0389. The molecule has 1 aliphatic rings. The van der Waals surface area contributed by atoms with E-state index in [9.17, 15) is 13.2 Å². The molecule has 2 heterocycles. The van der Waals surface area contributed by atoms with Crippen LogP contribution in [0.15, 0.2) is 12.3 Å². The van der Waals surface area contributed by atoms with E-state index in [2.05, 4.69) is 5.10 Å². The summed E-state index contributed by atoms with van der Waals surface area (Å²) in [5.41, 5.74) is -1.84. The molecule has 0 bridgehead atoms. The summed E-state index contributed by atoms with van der Waals surface area (Å²) < 4.78 is 38.3. The lowest BCUT2D eigenvalue weighted by molar-refractivity contribution is -0.191. The standard InChI is InChI=1S/C14H23N3O5S/c1-13(2,3)22-12(18)14(8-21-9-14)10-23(19,20)17(5)11-6-7-16(4)15-11/h6-7H,8-10H2,1-5H3. The summed E-state index contributed by atoms with van der Waals surface area (Å²) in [7, 11) is -0.625. The highest BCUT2D eigenvalue weighted by atomic mass is 32.2. The van der Waals surface area contributed by atoms with E-state index in [0.29, 0.717) is 5.82 Å². The molecule has 0 amide bonds. The van der Waals surface area contributed by atoms with Crippen LogP contribution in [0.25, 0.3) is 0 Å². The third-order valence-corrected chi connectivity index (χ3v) is 5.43. The second-order valence-electron chi connectivity index (χ2n) is 6.85. The summed E-state index contributed by atoms with van der Waals surface area (Å²) in [6.45, 7) is 5.31. The third-order valence-electron chi connectivity index (χ3n) is 3.49. The first-order chi connectivity index (χ1) is 10.5. The van der Waals surface area contributed by atoms with Crippen molar-refractivity contribution in [1.29, 1.82) is 0 Å². The molecular formula is C14H23N3O5S. The monoisotopic (exact) mass is 345 g/mol. The minimum atomic E-state index is -3.74. The van der Waals surface area contributed by atoms with Gasteiger partial charge in [-0.1, -0.05) is 0 Å². The first-order valence-electron chi connectivity index (χ1n) is 7.23. The molecule has 0 atom stereocenters. The zero-order valence-corrected chi connectivity index (χ0v) is 14.9. The van der Waals surface area contributed by atoms with E-state index in [1.54, 1.807) is 40.1 Å². The third kappa shape index (κ3) is 3.84. The van der Waals surface area contributed by atoms with E-state index in [1.807, 2.05) is 0 Å². The van der Waals surface area contributed by atoms with E-state index < -0.39 is 27.0 Å². The van der Waals surface area contributed by atoms with Crippen LogP contribution in [0.5, 0.6) is 0 Å². The first-order valence-corrected chi connectivity index (χ1v) is 8.84. The molecule has 1 aromatic rings. The van der Waals surface area contributed by atoms with Gasteiger partial charge < -0.3 is 9.47 Å². The summed E-state index contributed by atoms with van der Waals surface area (Å²) in [6.07, 6.45) is 1.65. The molecule has 0 unspecified atom stereocenters. The van der Waals surface area contributed by atoms with Gasteiger partial charge in [0, 0.05) is 26.4 Å². The summed E-state index contributed by atoms with van der Waals surface area (Å²) in [6, 6.07) is 1.59. The molecule has 0 saturated carbocycles. The van der Waals surface area contributed by atoms with Gasteiger partial charge in [0.05, 0.1) is 19.0 Å². The summed E-state index contributed by atoms with van der Waals surface area (Å²) in [5, 5.41) is 4.07. The number of rotatable bonds is 5. The van der Waals surface area contributed by atoms with Gasteiger partial charge in [0.25, 0.3) is 0 Å². The highest BCUT2D eigenvalue weighted by molar-refractivity contribution is 7.92. The number of ether oxygens (including phenoxy) is 2. The molecule has 1 saturated heterocycles. The lowest BCUT2D eigenvalue weighted by Gasteiger charge is -2.40. The van der Waals surface area contributed by atoms with Crippen molar-refractivity contribution >= 4 is 21.8 Å². The normalized spacial score (nSPS) is 17.4. The smallest absolute Gasteiger partial charge is 0.318 e. The molecular weight excluding hydrogens is 322 g/mol. The van der Waals surface area contributed by atoms with E-state index in [1.165, 1.54) is 11.7 Å². The summed E-state index contributed by atoms with van der Waals surface area (Å²) >= 11 is 0. The molecule has 23 heavy (non-hydrogen) atoms. The predicted molar refractivity (Wildman–Crippen MR) is 84.5 cm³/mol. The highest BCUT2D eigenvalue weighted by Crippen LogP contribution is 2.34. The van der Waals surface area contributed by atoms with Crippen LogP contribution in [0.1, 0.15) is 20.8 Å². The van der Waals surface area contributed by atoms with Crippen molar-refractivity contribution in [2.24, 2.45) is 12.5 Å². The van der Waals surface area contributed by atoms with Gasteiger partial charge in [-0.25, -0.2) is 8.42 Å². The fraction of sp³-hybridized carbons (Fsp3) is 0.714. The molecule has 8 nitrogen and oxygen atoms in total. The number of sulfonamides is 1. The van der Waals surface area contributed by atoms with Crippen LogP contribution in [-0.2, 0) is 31.3 Å². The first kappa shape index (κ1) is 17.7. The molecule has 1 aromatic heterocycles. The van der Waals surface area contributed by atoms with E-state index >= 15 is 0 Å². The van der Waals surface area contributed by atoms with Crippen LogP contribution >= 0.6 is 0 Å². The number of aromatic nitrogens is 2. The predicted octanol–water partition coefficient (Wildman–Crippen LogP) is 0.544. The summed E-state index contributed by atoms with van der Waals surface area (Å²) in [4.78, 5) is 12.4. The van der Waals surface area contributed by atoms with Crippen molar-refractivity contribution in [3.63, 3.8) is 0 Å². The number of anilines is 1.